The molecule has 1 atom stereocenters. The van der Waals surface area contributed by atoms with Gasteiger partial charge >= 0.3 is 6.09 Å². The molecule has 0 saturated carbocycles. The summed E-state index contributed by atoms with van der Waals surface area (Å²) in [7, 11) is 6.53. The number of hydrogen-bond acceptors (Lipinski definition) is 1. The van der Waals surface area contributed by atoms with Gasteiger partial charge < -0.3 is 10.0 Å². The molecule has 1 amide bonds. The smallest absolute Gasteiger partial charge is 0.407 e. The highest BCUT2D eigenvalue weighted by Gasteiger charge is 2.31. The van der Waals surface area contributed by atoms with E-state index in [0.717, 1.165) is 23.7 Å². The summed E-state index contributed by atoms with van der Waals surface area (Å²) in [6.45, 7) is 7.18. The Bertz CT molecular complexity index is 588. The van der Waals surface area contributed by atoms with Gasteiger partial charge in [0.1, 0.15) is 5.69 Å². The fraction of sp³-hybridized carbons (Fsp3) is 0.632. The monoisotopic (exact) mass is 319 g/mol. The molecule has 0 aromatic heterocycles. The molecular weight excluding hydrogens is 288 g/mol. The standard InChI is InChI=1S/C19H30N2O2/c1-13(2)15-12-18(21(4,5)6)14(3)11-16(15)17-9-7-8-10-20(17)19(22)23/h11-13,17H,7-10H2,1-6H3/p+1. The van der Waals surface area contributed by atoms with Gasteiger partial charge in [-0.05, 0) is 49.3 Å². The Balaban J connectivity index is 2.57. The van der Waals surface area contributed by atoms with Crippen LogP contribution < -0.4 is 4.48 Å². The highest BCUT2D eigenvalue weighted by molar-refractivity contribution is 5.66. The zero-order chi connectivity index (χ0) is 17.4. The number of amides is 1. The summed E-state index contributed by atoms with van der Waals surface area (Å²) < 4.78 is 0.777. The van der Waals surface area contributed by atoms with Gasteiger partial charge in [-0.1, -0.05) is 13.8 Å². The van der Waals surface area contributed by atoms with Gasteiger partial charge in [0.05, 0.1) is 27.2 Å². The van der Waals surface area contributed by atoms with Crippen molar-refractivity contribution in [2.45, 2.75) is 52.0 Å². The minimum absolute atomic E-state index is 0.00105. The molecule has 1 N–H and O–H groups in total. The lowest BCUT2D eigenvalue weighted by Crippen LogP contribution is -2.38. The maximum absolute atomic E-state index is 11.7. The van der Waals surface area contributed by atoms with Crippen molar-refractivity contribution in [1.82, 2.24) is 9.38 Å². The largest absolute Gasteiger partial charge is 0.465 e. The quantitative estimate of drug-likeness (QED) is 0.832. The summed E-state index contributed by atoms with van der Waals surface area (Å²) in [5.74, 6) is 0.383. The van der Waals surface area contributed by atoms with Gasteiger partial charge in [-0.15, -0.1) is 0 Å². The highest BCUT2D eigenvalue weighted by atomic mass is 16.4. The lowest BCUT2D eigenvalue weighted by molar-refractivity contribution is 0.106. The Morgan fingerprint density at radius 3 is 2.43 bits per heavy atom. The average molecular weight is 319 g/mol. The Kier molecular flexibility index (Phi) is 5.04. The Morgan fingerprint density at radius 2 is 1.91 bits per heavy atom. The van der Waals surface area contributed by atoms with E-state index >= 15 is 0 Å². The molecule has 2 rings (SSSR count). The van der Waals surface area contributed by atoms with Crippen molar-refractivity contribution >= 4 is 11.8 Å². The molecule has 1 aromatic rings. The van der Waals surface area contributed by atoms with E-state index in [9.17, 15) is 9.90 Å². The highest BCUT2D eigenvalue weighted by Crippen LogP contribution is 2.39. The van der Waals surface area contributed by atoms with Gasteiger partial charge in [-0.2, -0.15) is 0 Å². The van der Waals surface area contributed by atoms with Crippen molar-refractivity contribution in [2.75, 3.05) is 27.7 Å². The third-order valence-corrected chi connectivity index (χ3v) is 4.85. The van der Waals surface area contributed by atoms with E-state index in [0.29, 0.717) is 12.5 Å². The summed E-state index contributed by atoms with van der Waals surface area (Å²) in [5.41, 5.74) is 5.04. The molecule has 1 aromatic carbocycles. The maximum atomic E-state index is 11.7. The summed E-state index contributed by atoms with van der Waals surface area (Å²) in [6.07, 6.45) is 2.20. The molecule has 0 bridgehead atoms. The first-order chi connectivity index (χ1) is 10.6. The zero-order valence-corrected chi connectivity index (χ0v) is 15.4. The molecule has 23 heavy (non-hydrogen) atoms. The Hall–Kier alpha value is -1.55. The zero-order valence-electron chi connectivity index (χ0n) is 15.4. The SMILES string of the molecule is Cc1cc(C2CCCCN2C(=O)O)c(C(C)C)cc1[N+](C)(C)C. The molecule has 1 aliphatic rings. The van der Waals surface area contributed by atoms with Gasteiger partial charge in [0.2, 0.25) is 0 Å². The van der Waals surface area contributed by atoms with Crippen LogP contribution in [0.4, 0.5) is 10.5 Å². The molecule has 1 heterocycles. The van der Waals surface area contributed by atoms with Crippen LogP contribution in [0.3, 0.4) is 0 Å². The summed E-state index contributed by atoms with van der Waals surface area (Å²) in [5, 5.41) is 9.58. The fourth-order valence-electron chi connectivity index (χ4n) is 3.73. The number of likely N-dealkylation sites (tertiary alicyclic amines) is 1. The number of carboxylic acid groups (broad SMARTS) is 1. The number of hydrogen-bond donors (Lipinski definition) is 1. The summed E-state index contributed by atoms with van der Waals surface area (Å²) in [4.78, 5) is 13.3. The first-order valence-electron chi connectivity index (χ1n) is 8.59. The Labute approximate surface area is 140 Å². The van der Waals surface area contributed by atoms with Crippen molar-refractivity contribution in [3.05, 3.63) is 28.8 Å². The van der Waals surface area contributed by atoms with Gasteiger partial charge in [0.15, 0.2) is 0 Å². The second-order valence-electron chi connectivity index (χ2n) is 7.92. The Morgan fingerprint density at radius 1 is 1.26 bits per heavy atom. The van der Waals surface area contributed by atoms with Gasteiger partial charge in [-0.3, -0.25) is 4.48 Å². The molecule has 1 unspecified atom stereocenters. The van der Waals surface area contributed by atoms with E-state index in [4.69, 9.17) is 0 Å². The molecule has 1 saturated heterocycles. The first kappa shape index (κ1) is 17.8. The summed E-state index contributed by atoms with van der Waals surface area (Å²) in [6, 6.07) is 4.53. The molecule has 4 nitrogen and oxygen atoms in total. The van der Waals surface area contributed by atoms with Crippen molar-refractivity contribution in [1.29, 1.82) is 0 Å². The van der Waals surface area contributed by atoms with Crippen molar-refractivity contribution < 1.29 is 9.90 Å². The van der Waals surface area contributed by atoms with Crippen LogP contribution in [-0.4, -0.2) is 43.8 Å². The van der Waals surface area contributed by atoms with Crippen LogP contribution in [0.2, 0.25) is 0 Å². The van der Waals surface area contributed by atoms with Crippen LogP contribution in [0.1, 0.15) is 61.8 Å². The van der Waals surface area contributed by atoms with E-state index in [1.807, 2.05) is 0 Å². The molecule has 0 spiro atoms. The number of nitrogens with zero attached hydrogens (tertiary/aromatic N) is 2. The molecule has 4 heteroatoms. The van der Waals surface area contributed by atoms with E-state index in [-0.39, 0.29) is 6.04 Å². The number of piperidine rings is 1. The lowest BCUT2D eigenvalue weighted by atomic mass is 9.86. The number of benzene rings is 1. The minimum Gasteiger partial charge on any atom is -0.465 e. The third kappa shape index (κ3) is 3.69. The number of rotatable bonds is 3. The van der Waals surface area contributed by atoms with E-state index < -0.39 is 6.09 Å². The van der Waals surface area contributed by atoms with Crippen molar-refractivity contribution in [2.24, 2.45) is 0 Å². The molecule has 1 aliphatic heterocycles. The van der Waals surface area contributed by atoms with Crippen molar-refractivity contribution in [3.8, 4) is 0 Å². The first-order valence-corrected chi connectivity index (χ1v) is 8.59. The van der Waals surface area contributed by atoms with Gasteiger partial charge in [0.25, 0.3) is 0 Å². The topological polar surface area (TPSA) is 40.5 Å². The minimum atomic E-state index is -0.794. The number of carbonyl (C=O) groups is 1. The van der Waals surface area contributed by atoms with Crippen molar-refractivity contribution in [3.63, 3.8) is 0 Å². The van der Waals surface area contributed by atoms with Crippen LogP contribution in [-0.2, 0) is 0 Å². The second kappa shape index (κ2) is 6.52. The van der Waals surface area contributed by atoms with E-state index in [1.54, 1.807) is 4.90 Å². The second-order valence-corrected chi connectivity index (χ2v) is 7.92. The van der Waals surface area contributed by atoms with Crippen LogP contribution in [0.15, 0.2) is 12.1 Å². The van der Waals surface area contributed by atoms with E-state index in [2.05, 4.69) is 54.0 Å². The number of aryl methyl sites for hydroxylation is 1. The average Bonchev–Trinajstić information content (AvgIpc) is 2.45. The van der Waals surface area contributed by atoms with Gasteiger partial charge in [0, 0.05) is 18.2 Å². The molecule has 1 fully saturated rings. The van der Waals surface area contributed by atoms with Crippen LogP contribution >= 0.6 is 0 Å². The third-order valence-electron chi connectivity index (χ3n) is 4.85. The predicted molar refractivity (Wildman–Crippen MR) is 96.2 cm³/mol. The lowest BCUT2D eigenvalue weighted by Gasteiger charge is -2.36. The molecule has 128 valence electrons. The van der Waals surface area contributed by atoms with Crippen LogP contribution in [0, 0.1) is 6.92 Å². The fourth-order valence-corrected chi connectivity index (χ4v) is 3.73. The summed E-state index contributed by atoms with van der Waals surface area (Å²) >= 11 is 0. The van der Waals surface area contributed by atoms with Gasteiger partial charge in [-0.25, -0.2) is 4.79 Å². The molecular formula is C19H31N2O2+. The molecule has 0 aliphatic carbocycles. The van der Waals surface area contributed by atoms with Crippen LogP contribution in [0.5, 0.6) is 0 Å². The van der Waals surface area contributed by atoms with E-state index in [1.165, 1.54) is 22.4 Å². The normalized spacial score (nSPS) is 19.3. The number of quaternary nitrogens is 1. The molecule has 0 radical (unpaired) electrons. The maximum Gasteiger partial charge on any atom is 0.407 e. The predicted octanol–water partition coefficient (Wildman–Crippen LogP) is 4.52. The van der Waals surface area contributed by atoms with Crippen LogP contribution in [0.25, 0.3) is 0 Å².